The van der Waals surface area contributed by atoms with Gasteiger partial charge in [-0.3, -0.25) is 19.2 Å². The van der Waals surface area contributed by atoms with E-state index >= 15 is 0 Å². The largest absolute Gasteiger partial charge is 0.335 e. The second-order valence-corrected chi connectivity index (χ2v) is 6.82. The zero-order valence-electron chi connectivity index (χ0n) is 15.6. The van der Waals surface area contributed by atoms with Crippen LogP contribution >= 0.6 is 0 Å². The number of hydrogen-bond donors (Lipinski definition) is 2. The summed E-state index contributed by atoms with van der Waals surface area (Å²) in [5.41, 5.74) is 2.15. The molecule has 0 aliphatic rings. The summed E-state index contributed by atoms with van der Waals surface area (Å²) in [6, 6.07) is 20.4. The van der Waals surface area contributed by atoms with Crippen LogP contribution in [0.4, 0.5) is 0 Å². The van der Waals surface area contributed by atoms with Crippen molar-refractivity contribution in [1.29, 1.82) is 0 Å². The summed E-state index contributed by atoms with van der Waals surface area (Å²) < 4.78 is 1.34. The highest BCUT2D eigenvalue weighted by molar-refractivity contribution is 5.69. The van der Waals surface area contributed by atoms with Crippen LogP contribution in [0.3, 0.4) is 0 Å². The topological polar surface area (TPSA) is 86.8 Å². The van der Waals surface area contributed by atoms with Crippen LogP contribution < -0.4 is 11.2 Å². The molecule has 4 aromatic rings. The first-order chi connectivity index (χ1) is 13.6. The van der Waals surface area contributed by atoms with Gasteiger partial charge in [-0.15, -0.1) is 0 Å². The molecule has 7 heteroatoms. The first-order valence-corrected chi connectivity index (χ1v) is 9.08. The number of aryl methyl sites for hydroxylation is 1. The summed E-state index contributed by atoms with van der Waals surface area (Å²) >= 11 is 0. The molecule has 0 radical (unpaired) electrons. The number of H-pyrrole nitrogens is 2. The van der Waals surface area contributed by atoms with Gasteiger partial charge in [0.15, 0.2) is 5.65 Å². The van der Waals surface area contributed by atoms with Crippen LogP contribution in [0.5, 0.6) is 0 Å². The molecule has 142 valence electrons. The zero-order chi connectivity index (χ0) is 19.5. The third-order valence-corrected chi connectivity index (χ3v) is 4.68. The van der Waals surface area contributed by atoms with Gasteiger partial charge in [-0.25, -0.2) is 9.78 Å². The first kappa shape index (κ1) is 17.9. The van der Waals surface area contributed by atoms with Crippen molar-refractivity contribution in [2.75, 3.05) is 0 Å². The number of aromatic nitrogens is 4. The summed E-state index contributed by atoms with van der Waals surface area (Å²) in [5.74, 6) is 0.647. The van der Waals surface area contributed by atoms with Crippen molar-refractivity contribution in [3.8, 4) is 0 Å². The fourth-order valence-corrected chi connectivity index (χ4v) is 3.29. The van der Waals surface area contributed by atoms with Gasteiger partial charge >= 0.3 is 5.69 Å². The van der Waals surface area contributed by atoms with Crippen molar-refractivity contribution in [3.63, 3.8) is 0 Å². The van der Waals surface area contributed by atoms with E-state index in [0.717, 1.165) is 13.1 Å². The van der Waals surface area contributed by atoms with Gasteiger partial charge in [0, 0.05) is 20.1 Å². The highest BCUT2D eigenvalue weighted by Gasteiger charge is 2.14. The Morgan fingerprint density at radius 1 is 0.857 bits per heavy atom. The van der Waals surface area contributed by atoms with E-state index in [4.69, 9.17) is 0 Å². The van der Waals surface area contributed by atoms with Crippen LogP contribution in [0.25, 0.3) is 11.2 Å². The van der Waals surface area contributed by atoms with Gasteiger partial charge in [0.05, 0.1) is 6.54 Å². The molecule has 0 aliphatic carbocycles. The van der Waals surface area contributed by atoms with Gasteiger partial charge in [-0.2, -0.15) is 0 Å². The molecule has 0 amide bonds. The minimum absolute atomic E-state index is 0.316. The third kappa shape index (κ3) is 3.79. The Balaban J connectivity index is 1.66. The van der Waals surface area contributed by atoms with E-state index in [0.29, 0.717) is 23.5 Å². The Labute approximate surface area is 161 Å². The molecule has 4 rings (SSSR count). The molecule has 0 atom stereocenters. The Bertz CT molecular complexity index is 1150. The molecule has 0 saturated carbocycles. The molecule has 0 unspecified atom stereocenters. The maximum Gasteiger partial charge on any atom is 0.329 e. The van der Waals surface area contributed by atoms with Crippen molar-refractivity contribution in [2.45, 2.75) is 19.6 Å². The average Bonchev–Trinajstić information content (AvgIpc) is 3.12. The van der Waals surface area contributed by atoms with Crippen molar-refractivity contribution >= 4 is 11.2 Å². The van der Waals surface area contributed by atoms with E-state index in [2.05, 4.69) is 44.1 Å². The van der Waals surface area contributed by atoms with Crippen molar-refractivity contribution < 1.29 is 0 Å². The van der Waals surface area contributed by atoms with Crippen LogP contribution in [0, 0.1) is 0 Å². The normalized spacial score (nSPS) is 11.4. The molecule has 2 aromatic carbocycles. The molecule has 28 heavy (non-hydrogen) atoms. The van der Waals surface area contributed by atoms with E-state index in [1.54, 1.807) is 7.05 Å². The molecule has 0 aliphatic heterocycles. The van der Waals surface area contributed by atoms with E-state index in [-0.39, 0.29) is 0 Å². The number of imidazole rings is 1. The summed E-state index contributed by atoms with van der Waals surface area (Å²) in [4.78, 5) is 36.0. The first-order valence-electron chi connectivity index (χ1n) is 9.08. The summed E-state index contributed by atoms with van der Waals surface area (Å²) in [7, 11) is 1.59. The number of rotatable bonds is 6. The second-order valence-electron chi connectivity index (χ2n) is 6.82. The Morgan fingerprint density at radius 2 is 1.43 bits per heavy atom. The quantitative estimate of drug-likeness (QED) is 0.541. The minimum atomic E-state index is -0.471. The predicted octanol–water partition coefficient (Wildman–Crippen LogP) is 2.15. The average molecular weight is 375 g/mol. The lowest BCUT2D eigenvalue weighted by molar-refractivity contribution is 0.242. The SMILES string of the molecule is Cn1c(=O)[nH]c(=O)c2[nH]c(CN(Cc3ccccc3)Cc3ccccc3)nc21. The lowest BCUT2D eigenvalue weighted by Crippen LogP contribution is -2.28. The molecule has 0 saturated heterocycles. The number of hydrogen-bond acceptors (Lipinski definition) is 4. The molecule has 0 fully saturated rings. The third-order valence-electron chi connectivity index (χ3n) is 4.68. The lowest BCUT2D eigenvalue weighted by Gasteiger charge is -2.21. The smallest absolute Gasteiger partial charge is 0.329 e. The van der Waals surface area contributed by atoms with Gasteiger partial charge in [0.25, 0.3) is 5.56 Å². The summed E-state index contributed by atoms with van der Waals surface area (Å²) in [6.45, 7) is 2.00. The Morgan fingerprint density at radius 3 is 2.00 bits per heavy atom. The number of nitrogens with one attached hydrogen (secondary N) is 2. The van der Waals surface area contributed by atoms with Gasteiger partial charge in [0.2, 0.25) is 0 Å². The Hall–Kier alpha value is -3.45. The molecule has 2 N–H and O–H groups in total. The Kier molecular flexibility index (Phi) is 4.90. The fraction of sp³-hybridized carbons (Fsp3) is 0.190. The van der Waals surface area contributed by atoms with Crippen LogP contribution in [0.1, 0.15) is 17.0 Å². The molecular weight excluding hydrogens is 354 g/mol. The standard InChI is InChI=1S/C21H21N5O2/c1-25-19-18(20(27)24-21(25)28)22-17(23-19)14-26(12-15-8-4-2-5-9-15)13-16-10-6-3-7-11-16/h2-11H,12-14H2,1H3,(H,22,23)(H,24,27,28). The van der Waals surface area contributed by atoms with E-state index in [1.165, 1.54) is 15.7 Å². The van der Waals surface area contributed by atoms with E-state index < -0.39 is 11.2 Å². The highest BCUT2D eigenvalue weighted by Crippen LogP contribution is 2.14. The molecule has 2 aromatic heterocycles. The van der Waals surface area contributed by atoms with Gasteiger partial charge in [0.1, 0.15) is 11.3 Å². The van der Waals surface area contributed by atoms with E-state index in [9.17, 15) is 9.59 Å². The second kappa shape index (κ2) is 7.66. The van der Waals surface area contributed by atoms with Crippen LogP contribution in [0.2, 0.25) is 0 Å². The number of benzene rings is 2. The molecule has 0 bridgehead atoms. The molecule has 0 spiro atoms. The predicted molar refractivity (Wildman–Crippen MR) is 108 cm³/mol. The van der Waals surface area contributed by atoms with Crippen molar-refractivity contribution in [3.05, 3.63) is 98.5 Å². The molecule has 7 nitrogen and oxygen atoms in total. The van der Waals surface area contributed by atoms with Gasteiger partial charge < -0.3 is 4.98 Å². The van der Waals surface area contributed by atoms with Gasteiger partial charge in [-0.05, 0) is 11.1 Å². The van der Waals surface area contributed by atoms with Crippen LogP contribution in [-0.4, -0.2) is 24.4 Å². The van der Waals surface area contributed by atoms with Gasteiger partial charge in [-0.1, -0.05) is 60.7 Å². The zero-order valence-corrected chi connectivity index (χ0v) is 15.6. The monoisotopic (exact) mass is 375 g/mol. The van der Waals surface area contributed by atoms with Crippen molar-refractivity contribution in [2.24, 2.45) is 7.05 Å². The van der Waals surface area contributed by atoms with Crippen LogP contribution in [-0.2, 0) is 26.7 Å². The number of fused-ring (bicyclic) bond motifs is 1. The lowest BCUT2D eigenvalue weighted by atomic mass is 10.1. The van der Waals surface area contributed by atoms with Crippen molar-refractivity contribution in [1.82, 2.24) is 24.4 Å². The summed E-state index contributed by atoms with van der Waals surface area (Å²) in [6.07, 6.45) is 0. The maximum absolute atomic E-state index is 12.1. The van der Waals surface area contributed by atoms with Crippen LogP contribution in [0.15, 0.2) is 70.3 Å². The fourth-order valence-electron chi connectivity index (χ4n) is 3.29. The molecule has 2 heterocycles. The number of nitrogens with zero attached hydrogens (tertiary/aromatic N) is 3. The van der Waals surface area contributed by atoms with E-state index in [1.807, 2.05) is 36.4 Å². The molecular formula is C21H21N5O2. The maximum atomic E-state index is 12.1. The summed E-state index contributed by atoms with van der Waals surface area (Å²) in [5, 5.41) is 0. The highest BCUT2D eigenvalue weighted by atomic mass is 16.2. The minimum Gasteiger partial charge on any atom is -0.335 e. The number of aromatic amines is 2.